The lowest BCUT2D eigenvalue weighted by Gasteiger charge is -2.27. The number of anilines is 1. The smallest absolute Gasteiger partial charge is 0.208 e. The van der Waals surface area contributed by atoms with Crippen LogP contribution in [0.1, 0.15) is 20.8 Å². The third-order valence-electron chi connectivity index (χ3n) is 1.58. The molecule has 0 aliphatic heterocycles. The molecule has 0 saturated heterocycles. The highest BCUT2D eigenvalue weighted by atomic mass is 32.1. The average Bonchev–Trinajstić information content (AvgIpc) is 2.50. The zero-order chi connectivity index (χ0) is 9.90. The SMILES string of the molecule is CCN(CC(C)(C)O)c1nncs1. The van der Waals surface area contributed by atoms with Gasteiger partial charge in [0.15, 0.2) is 0 Å². The van der Waals surface area contributed by atoms with Crippen molar-refractivity contribution in [1.82, 2.24) is 10.2 Å². The number of nitrogens with zero attached hydrogens (tertiary/aromatic N) is 3. The Labute approximate surface area is 82.2 Å². The van der Waals surface area contributed by atoms with Crippen LogP contribution in [0.4, 0.5) is 5.13 Å². The summed E-state index contributed by atoms with van der Waals surface area (Å²) in [5, 5.41) is 18.2. The van der Waals surface area contributed by atoms with Crippen molar-refractivity contribution >= 4 is 16.5 Å². The summed E-state index contributed by atoms with van der Waals surface area (Å²) in [6.07, 6.45) is 0. The summed E-state index contributed by atoms with van der Waals surface area (Å²) in [7, 11) is 0. The molecular formula is C8H15N3OS. The monoisotopic (exact) mass is 201 g/mol. The van der Waals surface area contributed by atoms with Crippen molar-refractivity contribution in [2.45, 2.75) is 26.4 Å². The molecule has 13 heavy (non-hydrogen) atoms. The quantitative estimate of drug-likeness (QED) is 0.793. The molecular weight excluding hydrogens is 186 g/mol. The standard InChI is InChI=1S/C8H15N3OS/c1-4-11(5-8(2,3)12)7-10-9-6-13-7/h6,12H,4-5H2,1-3H3. The summed E-state index contributed by atoms with van der Waals surface area (Å²) < 4.78 is 0. The molecule has 0 bridgehead atoms. The van der Waals surface area contributed by atoms with Crippen molar-refractivity contribution < 1.29 is 5.11 Å². The van der Waals surface area contributed by atoms with E-state index in [4.69, 9.17) is 0 Å². The van der Waals surface area contributed by atoms with Crippen LogP contribution >= 0.6 is 11.3 Å². The van der Waals surface area contributed by atoms with Crippen LogP contribution < -0.4 is 4.90 Å². The first-order valence-electron chi connectivity index (χ1n) is 4.26. The van der Waals surface area contributed by atoms with Gasteiger partial charge in [0, 0.05) is 13.1 Å². The highest BCUT2D eigenvalue weighted by molar-refractivity contribution is 7.13. The molecule has 0 aromatic carbocycles. The summed E-state index contributed by atoms with van der Waals surface area (Å²) >= 11 is 1.49. The predicted octanol–water partition coefficient (Wildman–Crippen LogP) is 1.14. The predicted molar refractivity (Wildman–Crippen MR) is 54.1 cm³/mol. The van der Waals surface area contributed by atoms with Crippen molar-refractivity contribution in [3.05, 3.63) is 5.51 Å². The van der Waals surface area contributed by atoms with Gasteiger partial charge >= 0.3 is 0 Å². The molecule has 1 heterocycles. The molecule has 1 rings (SSSR count). The van der Waals surface area contributed by atoms with E-state index in [1.54, 1.807) is 19.4 Å². The summed E-state index contributed by atoms with van der Waals surface area (Å²) in [4.78, 5) is 2.01. The number of hydrogen-bond donors (Lipinski definition) is 1. The average molecular weight is 201 g/mol. The Bertz CT molecular complexity index is 242. The van der Waals surface area contributed by atoms with Gasteiger partial charge in [-0.25, -0.2) is 0 Å². The minimum Gasteiger partial charge on any atom is -0.389 e. The number of hydrogen-bond acceptors (Lipinski definition) is 5. The molecule has 4 nitrogen and oxygen atoms in total. The third-order valence-corrected chi connectivity index (χ3v) is 2.33. The molecule has 1 N–H and O–H groups in total. The van der Waals surface area contributed by atoms with E-state index in [1.165, 1.54) is 11.3 Å². The molecule has 0 aliphatic rings. The van der Waals surface area contributed by atoms with Crippen LogP contribution in [-0.2, 0) is 0 Å². The summed E-state index contributed by atoms with van der Waals surface area (Å²) in [5.74, 6) is 0. The van der Waals surface area contributed by atoms with E-state index in [0.717, 1.165) is 11.7 Å². The number of aromatic nitrogens is 2. The maximum Gasteiger partial charge on any atom is 0.208 e. The van der Waals surface area contributed by atoms with Gasteiger partial charge in [0.25, 0.3) is 0 Å². The van der Waals surface area contributed by atoms with Gasteiger partial charge in [-0.3, -0.25) is 0 Å². The van der Waals surface area contributed by atoms with Gasteiger partial charge in [0.2, 0.25) is 5.13 Å². The largest absolute Gasteiger partial charge is 0.389 e. The number of rotatable bonds is 4. The minimum absolute atomic E-state index is 0.582. The Hall–Kier alpha value is -0.680. The fourth-order valence-electron chi connectivity index (χ4n) is 1.09. The summed E-state index contributed by atoms with van der Waals surface area (Å²) in [5.41, 5.74) is 1.00. The molecule has 0 saturated carbocycles. The van der Waals surface area contributed by atoms with Crippen LogP contribution in [-0.4, -0.2) is 34.0 Å². The lowest BCUT2D eigenvalue weighted by molar-refractivity contribution is 0.0875. The van der Waals surface area contributed by atoms with E-state index in [-0.39, 0.29) is 0 Å². The van der Waals surface area contributed by atoms with Gasteiger partial charge in [-0.15, -0.1) is 10.2 Å². The van der Waals surface area contributed by atoms with Gasteiger partial charge < -0.3 is 10.0 Å². The van der Waals surface area contributed by atoms with Crippen LogP contribution in [0.25, 0.3) is 0 Å². The molecule has 0 radical (unpaired) electrons. The zero-order valence-corrected chi connectivity index (χ0v) is 9.01. The normalized spacial score (nSPS) is 11.7. The van der Waals surface area contributed by atoms with Crippen molar-refractivity contribution in [2.75, 3.05) is 18.0 Å². The Balaban J connectivity index is 2.64. The van der Waals surface area contributed by atoms with Gasteiger partial charge in [-0.2, -0.15) is 0 Å². The molecule has 1 aromatic heterocycles. The minimum atomic E-state index is -0.693. The maximum atomic E-state index is 9.63. The molecule has 0 amide bonds. The third kappa shape index (κ3) is 3.28. The fraction of sp³-hybridized carbons (Fsp3) is 0.750. The first kappa shape index (κ1) is 10.4. The number of aliphatic hydroxyl groups is 1. The van der Waals surface area contributed by atoms with E-state index in [2.05, 4.69) is 10.2 Å². The van der Waals surface area contributed by atoms with Crippen LogP contribution in [0.5, 0.6) is 0 Å². The molecule has 74 valence electrons. The van der Waals surface area contributed by atoms with Crippen molar-refractivity contribution in [3.8, 4) is 0 Å². The lowest BCUT2D eigenvalue weighted by atomic mass is 10.1. The van der Waals surface area contributed by atoms with E-state index in [9.17, 15) is 5.11 Å². The molecule has 1 aromatic rings. The second-order valence-electron chi connectivity index (χ2n) is 3.55. The highest BCUT2D eigenvalue weighted by Gasteiger charge is 2.18. The van der Waals surface area contributed by atoms with Crippen LogP contribution in [0.15, 0.2) is 5.51 Å². The maximum absolute atomic E-state index is 9.63. The Morgan fingerprint density at radius 3 is 2.69 bits per heavy atom. The summed E-state index contributed by atoms with van der Waals surface area (Å²) in [6, 6.07) is 0. The van der Waals surface area contributed by atoms with Crippen LogP contribution in [0, 0.1) is 0 Å². The first-order valence-corrected chi connectivity index (χ1v) is 5.14. The molecule has 0 aliphatic carbocycles. The van der Waals surface area contributed by atoms with Crippen molar-refractivity contribution in [1.29, 1.82) is 0 Å². The molecule has 0 unspecified atom stereocenters. The van der Waals surface area contributed by atoms with Gasteiger partial charge in [-0.05, 0) is 20.8 Å². The van der Waals surface area contributed by atoms with E-state index >= 15 is 0 Å². The van der Waals surface area contributed by atoms with Crippen molar-refractivity contribution in [3.63, 3.8) is 0 Å². The second kappa shape index (κ2) is 4.02. The van der Waals surface area contributed by atoms with Crippen LogP contribution in [0.3, 0.4) is 0 Å². The molecule has 0 atom stereocenters. The second-order valence-corrected chi connectivity index (χ2v) is 4.36. The van der Waals surface area contributed by atoms with Gasteiger partial charge in [-0.1, -0.05) is 11.3 Å². The Morgan fingerprint density at radius 1 is 1.62 bits per heavy atom. The summed E-state index contributed by atoms with van der Waals surface area (Å²) in [6.45, 7) is 7.03. The Morgan fingerprint density at radius 2 is 2.31 bits per heavy atom. The zero-order valence-electron chi connectivity index (χ0n) is 8.19. The van der Waals surface area contributed by atoms with E-state index in [0.29, 0.717) is 6.54 Å². The Kier molecular flexibility index (Phi) is 3.22. The van der Waals surface area contributed by atoms with Crippen LogP contribution in [0.2, 0.25) is 0 Å². The van der Waals surface area contributed by atoms with Gasteiger partial charge in [0.05, 0.1) is 5.60 Å². The molecule has 0 spiro atoms. The topological polar surface area (TPSA) is 49.2 Å². The van der Waals surface area contributed by atoms with E-state index in [1.807, 2.05) is 11.8 Å². The number of likely N-dealkylation sites (N-methyl/N-ethyl adjacent to an activating group) is 1. The van der Waals surface area contributed by atoms with E-state index < -0.39 is 5.60 Å². The van der Waals surface area contributed by atoms with Crippen molar-refractivity contribution in [2.24, 2.45) is 0 Å². The highest BCUT2D eigenvalue weighted by Crippen LogP contribution is 2.17. The lowest BCUT2D eigenvalue weighted by Crippen LogP contribution is -2.38. The van der Waals surface area contributed by atoms with Gasteiger partial charge in [0.1, 0.15) is 5.51 Å². The molecule has 0 fully saturated rings. The fourth-order valence-corrected chi connectivity index (χ4v) is 1.71. The first-order chi connectivity index (χ1) is 6.03. The molecule has 5 heteroatoms.